The van der Waals surface area contributed by atoms with Gasteiger partial charge >= 0.3 is 5.97 Å². The van der Waals surface area contributed by atoms with Gasteiger partial charge in [-0.05, 0) is 33.8 Å². The van der Waals surface area contributed by atoms with Gasteiger partial charge in [0.15, 0.2) is 17.6 Å². The molecule has 3 heterocycles. The maximum absolute atomic E-state index is 12.3. The summed E-state index contributed by atoms with van der Waals surface area (Å²) >= 11 is 0. The van der Waals surface area contributed by atoms with Crippen LogP contribution in [0.15, 0.2) is 29.0 Å². The van der Waals surface area contributed by atoms with Crippen LogP contribution < -0.4 is 5.32 Å². The van der Waals surface area contributed by atoms with Crippen molar-refractivity contribution in [3.8, 4) is 0 Å². The van der Waals surface area contributed by atoms with Crippen LogP contribution in [0.2, 0.25) is 0 Å². The lowest BCUT2D eigenvalue weighted by atomic mass is 10.2. The van der Waals surface area contributed by atoms with Crippen LogP contribution in [0.4, 0.5) is 5.82 Å². The Balaban J connectivity index is 1.68. The molecule has 0 aliphatic rings. The van der Waals surface area contributed by atoms with Gasteiger partial charge in [0.25, 0.3) is 5.91 Å². The molecule has 0 spiro atoms. The summed E-state index contributed by atoms with van der Waals surface area (Å²) in [5, 5.41) is 11.2. The Bertz CT molecular complexity index is 959. The first-order valence-corrected chi connectivity index (χ1v) is 8.13. The van der Waals surface area contributed by atoms with E-state index in [1.165, 1.54) is 13.1 Å². The van der Waals surface area contributed by atoms with Crippen molar-refractivity contribution in [3.63, 3.8) is 0 Å². The number of carbonyl (C=O) groups excluding carboxylic acids is 2. The van der Waals surface area contributed by atoms with Gasteiger partial charge in [-0.25, -0.2) is 14.5 Å². The van der Waals surface area contributed by atoms with Gasteiger partial charge in [0.05, 0.1) is 11.8 Å². The smallest absolute Gasteiger partial charge is 0.340 e. The summed E-state index contributed by atoms with van der Waals surface area (Å²) in [6, 6.07) is 3.36. The molecule has 0 bridgehead atoms. The van der Waals surface area contributed by atoms with Gasteiger partial charge in [-0.2, -0.15) is 5.10 Å². The summed E-state index contributed by atoms with van der Waals surface area (Å²) in [5.74, 6) is -0.324. The largest absolute Gasteiger partial charge is 0.449 e. The van der Waals surface area contributed by atoms with E-state index in [2.05, 4.69) is 20.6 Å². The Morgan fingerprint density at radius 3 is 2.65 bits per heavy atom. The normalized spacial score (nSPS) is 12.3. The molecule has 3 aromatic rings. The van der Waals surface area contributed by atoms with Gasteiger partial charge in [-0.15, -0.1) is 0 Å². The van der Waals surface area contributed by atoms with Crippen LogP contribution in [-0.4, -0.2) is 37.9 Å². The minimum absolute atomic E-state index is 0.154. The molecule has 3 rings (SSSR count). The molecule has 1 atom stereocenters. The summed E-state index contributed by atoms with van der Waals surface area (Å²) in [6.07, 6.45) is 2.05. The number of nitrogens with zero attached hydrogens (tertiary/aromatic N) is 4. The quantitative estimate of drug-likeness (QED) is 0.698. The number of hydrogen-bond acceptors (Lipinski definition) is 7. The van der Waals surface area contributed by atoms with E-state index in [0.717, 1.165) is 5.39 Å². The van der Waals surface area contributed by atoms with Crippen LogP contribution in [-0.2, 0) is 9.53 Å². The monoisotopic (exact) mass is 357 g/mol. The second-order valence-electron chi connectivity index (χ2n) is 6.18. The number of anilines is 1. The van der Waals surface area contributed by atoms with Crippen LogP contribution in [0, 0.1) is 6.92 Å². The van der Waals surface area contributed by atoms with Crippen molar-refractivity contribution in [1.82, 2.24) is 19.9 Å². The molecule has 0 aromatic carbocycles. The molecular weight excluding hydrogens is 338 g/mol. The van der Waals surface area contributed by atoms with Gasteiger partial charge in [-0.1, -0.05) is 5.16 Å². The molecule has 9 nitrogen and oxygen atoms in total. The Labute approximate surface area is 149 Å². The lowest BCUT2D eigenvalue weighted by Gasteiger charge is -2.12. The lowest BCUT2D eigenvalue weighted by Crippen LogP contribution is -2.30. The van der Waals surface area contributed by atoms with E-state index in [1.807, 2.05) is 13.8 Å². The molecule has 26 heavy (non-hydrogen) atoms. The average Bonchev–Trinajstić information content (AvgIpc) is 3.19. The number of aryl methyl sites for hydroxylation is 1. The molecule has 0 unspecified atom stereocenters. The fourth-order valence-electron chi connectivity index (χ4n) is 2.36. The van der Waals surface area contributed by atoms with Crippen LogP contribution >= 0.6 is 0 Å². The zero-order chi connectivity index (χ0) is 18.8. The average molecular weight is 357 g/mol. The predicted octanol–water partition coefficient (Wildman–Crippen LogP) is 2.49. The van der Waals surface area contributed by atoms with Crippen molar-refractivity contribution in [1.29, 1.82) is 0 Å². The molecular formula is C17H19N5O4. The highest BCUT2D eigenvalue weighted by molar-refractivity contribution is 5.97. The van der Waals surface area contributed by atoms with E-state index in [0.29, 0.717) is 11.4 Å². The summed E-state index contributed by atoms with van der Waals surface area (Å²) in [6.45, 7) is 7.17. The number of rotatable bonds is 5. The molecule has 0 aliphatic carbocycles. The fraction of sp³-hybridized carbons (Fsp3) is 0.353. The SMILES string of the molecule is Cc1cc(NC(=O)[C@H](C)OC(=O)c2cnc3c(cnn3C(C)C)c2)no1. The lowest BCUT2D eigenvalue weighted by molar-refractivity contribution is -0.123. The Hall–Kier alpha value is -3.23. The summed E-state index contributed by atoms with van der Waals surface area (Å²) in [7, 11) is 0. The summed E-state index contributed by atoms with van der Waals surface area (Å²) in [5.41, 5.74) is 0.932. The predicted molar refractivity (Wildman–Crippen MR) is 92.7 cm³/mol. The fourth-order valence-corrected chi connectivity index (χ4v) is 2.36. The number of pyridine rings is 1. The second-order valence-corrected chi connectivity index (χ2v) is 6.18. The van der Waals surface area contributed by atoms with Gasteiger partial charge in [0, 0.05) is 23.7 Å². The molecule has 1 N–H and O–H groups in total. The third-order valence-corrected chi connectivity index (χ3v) is 3.69. The number of amides is 1. The van der Waals surface area contributed by atoms with E-state index in [9.17, 15) is 9.59 Å². The molecule has 0 fully saturated rings. The molecule has 136 valence electrons. The van der Waals surface area contributed by atoms with E-state index < -0.39 is 18.0 Å². The number of nitrogens with one attached hydrogen (secondary N) is 1. The summed E-state index contributed by atoms with van der Waals surface area (Å²) < 4.78 is 11.8. The van der Waals surface area contributed by atoms with E-state index in [4.69, 9.17) is 9.26 Å². The molecule has 1 amide bonds. The van der Waals surface area contributed by atoms with Gasteiger partial charge < -0.3 is 14.6 Å². The topological polar surface area (TPSA) is 112 Å². The zero-order valence-electron chi connectivity index (χ0n) is 14.9. The van der Waals surface area contributed by atoms with Crippen molar-refractivity contribution in [2.75, 3.05) is 5.32 Å². The first kappa shape index (κ1) is 17.6. The zero-order valence-corrected chi connectivity index (χ0v) is 14.9. The Morgan fingerprint density at radius 2 is 2.00 bits per heavy atom. The van der Waals surface area contributed by atoms with Crippen molar-refractivity contribution in [2.24, 2.45) is 0 Å². The Kier molecular flexibility index (Phi) is 4.70. The van der Waals surface area contributed by atoms with Crippen LogP contribution in [0.1, 0.15) is 42.9 Å². The first-order chi connectivity index (χ1) is 12.3. The van der Waals surface area contributed by atoms with Crippen LogP contribution in [0.3, 0.4) is 0 Å². The number of esters is 1. The maximum atomic E-state index is 12.3. The first-order valence-electron chi connectivity index (χ1n) is 8.13. The molecule has 0 aliphatic heterocycles. The Morgan fingerprint density at radius 1 is 1.23 bits per heavy atom. The number of fused-ring (bicyclic) bond motifs is 1. The van der Waals surface area contributed by atoms with E-state index in [-0.39, 0.29) is 17.4 Å². The van der Waals surface area contributed by atoms with Gasteiger partial charge in [0.1, 0.15) is 5.76 Å². The number of hydrogen-bond donors (Lipinski definition) is 1. The van der Waals surface area contributed by atoms with Crippen LogP contribution in [0.5, 0.6) is 0 Å². The van der Waals surface area contributed by atoms with E-state index in [1.54, 1.807) is 29.9 Å². The van der Waals surface area contributed by atoms with Crippen molar-refractivity contribution >= 4 is 28.7 Å². The molecule has 3 aromatic heterocycles. The van der Waals surface area contributed by atoms with Crippen molar-refractivity contribution < 1.29 is 18.8 Å². The highest BCUT2D eigenvalue weighted by atomic mass is 16.5. The van der Waals surface area contributed by atoms with Crippen LogP contribution in [0.25, 0.3) is 11.0 Å². The molecule has 9 heteroatoms. The van der Waals surface area contributed by atoms with Gasteiger partial charge in [0.2, 0.25) is 0 Å². The van der Waals surface area contributed by atoms with Crippen molar-refractivity contribution in [3.05, 3.63) is 35.9 Å². The standard InChI is InChI=1S/C17H19N5O4/c1-9(2)22-15-12(8-19-22)6-13(7-18-15)17(24)25-11(4)16(23)20-14-5-10(3)26-21-14/h5-9,11H,1-4H3,(H,20,21,23)/t11-/m0/s1. The highest BCUT2D eigenvalue weighted by Crippen LogP contribution is 2.17. The maximum Gasteiger partial charge on any atom is 0.340 e. The second kappa shape index (κ2) is 6.95. The molecule has 0 radical (unpaired) electrons. The third-order valence-electron chi connectivity index (χ3n) is 3.69. The number of aromatic nitrogens is 4. The molecule has 0 saturated carbocycles. The van der Waals surface area contributed by atoms with E-state index >= 15 is 0 Å². The van der Waals surface area contributed by atoms with Crippen molar-refractivity contribution in [2.45, 2.75) is 39.8 Å². The minimum atomic E-state index is -1.01. The summed E-state index contributed by atoms with van der Waals surface area (Å²) in [4.78, 5) is 28.7. The molecule has 0 saturated heterocycles. The number of carbonyl (C=O) groups is 2. The third kappa shape index (κ3) is 3.56. The van der Waals surface area contributed by atoms with Gasteiger partial charge in [-0.3, -0.25) is 4.79 Å². The highest BCUT2D eigenvalue weighted by Gasteiger charge is 2.21. The number of ether oxygens (including phenoxy) is 1. The minimum Gasteiger partial charge on any atom is -0.449 e.